The summed E-state index contributed by atoms with van der Waals surface area (Å²) >= 11 is 0. The second-order valence-corrected chi connectivity index (χ2v) is 5.34. The third-order valence-electron chi connectivity index (χ3n) is 3.47. The van der Waals surface area contributed by atoms with Gasteiger partial charge in [-0.1, -0.05) is 12.1 Å². The summed E-state index contributed by atoms with van der Waals surface area (Å²) in [6, 6.07) is 7.60. The van der Waals surface area contributed by atoms with Gasteiger partial charge in [0.1, 0.15) is 5.82 Å². The maximum Gasteiger partial charge on any atom is 0.252 e. The minimum absolute atomic E-state index is 0.292. The van der Waals surface area contributed by atoms with Crippen molar-refractivity contribution in [2.24, 2.45) is 0 Å². The van der Waals surface area contributed by atoms with Crippen LogP contribution in [-0.4, -0.2) is 43.6 Å². The largest absolute Gasteiger partial charge is 0.383 e. The van der Waals surface area contributed by atoms with Gasteiger partial charge in [0.2, 0.25) is 0 Å². The van der Waals surface area contributed by atoms with Crippen LogP contribution in [0.25, 0.3) is 0 Å². The number of carbonyl (C=O) groups is 2. The molecule has 0 bridgehead atoms. The van der Waals surface area contributed by atoms with E-state index in [-0.39, 0.29) is 17.6 Å². The number of amides is 2. The van der Waals surface area contributed by atoms with Gasteiger partial charge in [0.05, 0.1) is 17.7 Å². The van der Waals surface area contributed by atoms with Crippen LogP contribution in [0.2, 0.25) is 0 Å². The Kier molecular flexibility index (Phi) is 7.03. The van der Waals surface area contributed by atoms with Gasteiger partial charge in [0, 0.05) is 32.6 Å². The van der Waals surface area contributed by atoms with Crippen molar-refractivity contribution >= 4 is 11.8 Å². The molecule has 0 radical (unpaired) electrons. The van der Waals surface area contributed by atoms with Crippen molar-refractivity contribution in [3.05, 3.63) is 65.2 Å². The third kappa shape index (κ3) is 5.96. The number of methoxy groups -OCH3 is 1. The van der Waals surface area contributed by atoms with E-state index in [1.807, 2.05) is 0 Å². The predicted molar refractivity (Wildman–Crippen MR) is 90.9 cm³/mol. The summed E-state index contributed by atoms with van der Waals surface area (Å²) in [4.78, 5) is 28.0. The Balaban J connectivity index is 1.87. The van der Waals surface area contributed by atoms with E-state index in [9.17, 15) is 14.0 Å². The van der Waals surface area contributed by atoms with Crippen molar-refractivity contribution in [1.29, 1.82) is 0 Å². The summed E-state index contributed by atoms with van der Waals surface area (Å²) in [5, 5.41) is 5.43. The van der Waals surface area contributed by atoms with Gasteiger partial charge in [-0.05, 0) is 30.2 Å². The average molecular weight is 345 g/mol. The summed E-state index contributed by atoms with van der Waals surface area (Å²) in [6.07, 6.45) is 3.38. The molecule has 2 rings (SSSR count). The van der Waals surface area contributed by atoms with Crippen LogP contribution in [0.3, 0.4) is 0 Å². The molecule has 0 aliphatic heterocycles. The first-order chi connectivity index (χ1) is 12.1. The average Bonchev–Trinajstić information content (AvgIpc) is 2.63. The molecule has 2 N–H and O–H groups in total. The molecule has 7 heteroatoms. The summed E-state index contributed by atoms with van der Waals surface area (Å²) in [7, 11) is 1.55. The molecule has 2 amide bonds. The molecule has 0 saturated heterocycles. The van der Waals surface area contributed by atoms with Gasteiger partial charge in [-0.2, -0.15) is 0 Å². The predicted octanol–water partition coefficient (Wildman–Crippen LogP) is 1.57. The van der Waals surface area contributed by atoms with E-state index >= 15 is 0 Å². The van der Waals surface area contributed by atoms with E-state index in [1.54, 1.807) is 19.2 Å². The molecule has 0 unspecified atom stereocenters. The Labute approximate surface area is 145 Å². The van der Waals surface area contributed by atoms with Gasteiger partial charge >= 0.3 is 0 Å². The van der Waals surface area contributed by atoms with E-state index in [0.717, 1.165) is 5.56 Å². The SMILES string of the molecule is COCCNC(=O)c1cncc(C(=O)NCCc2ccc(F)cc2)c1. The number of nitrogens with one attached hydrogen (secondary N) is 2. The van der Waals surface area contributed by atoms with Crippen molar-refractivity contribution in [3.8, 4) is 0 Å². The number of aromatic nitrogens is 1. The molecule has 2 aromatic rings. The number of nitrogens with zero attached hydrogens (tertiary/aromatic N) is 1. The van der Waals surface area contributed by atoms with E-state index < -0.39 is 0 Å². The van der Waals surface area contributed by atoms with Crippen LogP contribution in [0.1, 0.15) is 26.3 Å². The van der Waals surface area contributed by atoms with E-state index in [0.29, 0.717) is 37.2 Å². The van der Waals surface area contributed by atoms with Crippen molar-refractivity contribution in [2.75, 3.05) is 26.8 Å². The van der Waals surface area contributed by atoms with Crippen LogP contribution >= 0.6 is 0 Å². The highest BCUT2D eigenvalue weighted by Gasteiger charge is 2.11. The number of ether oxygens (including phenoxy) is 1. The summed E-state index contributed by atoms with van der Waals surface area (Å²) in [5.74, 6) is -0.925. The molecule has 25 heavy (non-hydrogen) atoms. The lowest BCUT2D eigenvalue weighted by molar-refractivity contribution is 0.0936. The fourth-order valence-electron chi connectivity index (χ4n) is 2.13. The second-order valence-electron chi connectivity index (χ2n) is 5.34. The van der Waals surface area contributed by atoms with Crippen molar-refractivity contribution < 1.29 is 18.7 Å². The van der Waals surface area contributed by atoms with Crippen molar-refractivity contribution in [2.45, 2.75) is 6.42 Å². The topological polar surface area (TPSA) is 80.3 Å². The molecular weight excluding hydrogens is 325 g/mol. The summed E-state index contributed by atoms with van der Waals surface area (Å²) in [6.45, 7) is 1.18. The summed E-state index contributed by atoms with van der Waals surface area (Å²) < 4.78 is 17.7. The van der Waals surface area contributed by atoms with Crippen LogP contribution in [0.5, 0.6) is 0 Å². The fourth-order valence-corrected chi connectivity index (χ4v) is 2.13. The molecule has 0 aliphatic carbocycles. The van der Waals surface area contributed by atoms with Crippen LogP contribution in [0.15, 0.2) is 42.7 Å². The quantitative estimate of drug-likeness (QED) is 0.712. The number of hydrogen-bond acceptors (Lipinski definition) is 4. The molecular formula is C18H20FN3O3. The van der Waals surface area contributed by atoms with Crippen molar-refractivity contribution in [3.63, 3.8) is 0 Å². The Morgan fingerprint density at radius 1 is 1.04 bits per heavy atom. The lowest BCUT2D eigenvalue weighted by Crippen LogP contribution is -2.28. The standard InChI is InChI=1S/C18H20FN3O3/c1-25-9-8-22-18(24)15-10-14(11-20-12-15)17(23)21-7-6-13-2-4-16(19)5-3-13/h2-5,10-12H,6-9H2,1H3,(H,21,23)(H,22,24). The van der Waals surface area contributed by atoms with Gasteiger partial charge in [-0.3, -0.25) is 14.6 Å². The highest BCUT2D eigenvalue weighted by atomic mass is 19.1. The molecule has 0 atom stereocenters. The Morgan fingerprint density at radius 3 is 2.24 bits per heavy atom. The molecule has 0 saturated carbocycles. The lowest BCUT2D eigenvalue weighted by atomic mass is 10.1. The molecule has 0 aliphatic rings. The maximum atomic E-state index is 12.8. The Morgan fingerprint density at radius 2 is 1.64 bits per heavy atom. The van der Waals surface area contributed by atoms with Gasteiger partial charge in [0.25, 0.3) is 11.8 Å². The molecule has 0 spiro atoms. The first kappa shape index (κ1) is 18.5. The molecule has 1 aromatic carbocycles. The zero-order chi connectivity index (χ0) is 18.1. The molecule has 1 aromatic heterocycles. The first-order valence-corrected chi connectivity index (χ1v) is 7.85. The van der Waals surface area contributed by atoms with Crippen LogP contribution in [-0.2, 0) is 11.2 Å². The smallest absolute Gasteiger partial charge is 0.252 e. The normalized spacial score (nSPS) is 10.3. The fraction of sp³-hybridized carbons (Fsp3) is 0.278. The Bertz CT molecular complexity index is 720. The maximum absolute atomic E-state index is 12.8. The van der Waals surface area contributed by atoms with E-state index in [2.05, 4.69) is 15.6 Å². The van der Waals surface area contributed by atoms with Gasteiger partial charge in [-0.15, -0.1) is 0 Å². The van der Waals surface area contributed by atoms with Crippen LogP contribution in [0.4, 0.5) is 4.39 Å². The third-order valence-corrected chi connectivity index (χ3v) is 3.47. The van der Waals surface area contributed by atoms with Crippen LogP contribution in [0, 0.1) is 5.82 Å². The molecule has 6 nitrogen and oxygen atoms in total. The zero-order valence-corrected chi connectivity index (χ0v) is 13.9. The van der Waals surface area contributed by atoms with Crippen molar-refractivity contribution in [1.82, 2.24) is 15.6 Å². The zero-order valence-electron chi connectivity index (χ0n) is 13.9. The number of halogens is 1. The van der Waals surface area contributed by atoms with Crippen LogP contribution < -0.4 is 10.6 Å². The molecule has 132 valence electrons. The minimum atomic E-state index is -0.318. The number of benzene rings is 1. The number of pyridine rings is 1. The van der Waals surface area contributed by atoms with Gasteiger partial charge in [0.15, 0.2) is 0 Å². The number of rotatable bonds is 8. The highest BCUT2D eigenvalue weighted by molar-refractivity contribution is 5.99. The Hall–Kier alpha value is -2.80. The lowest BCUT2D eigenvalue weighted by Gasteiger charge is -2.07. The second kappa shape index (κ2) is 9.48. The monoisotopic (exact) mass is 345 g/mol. The van der Waals surface area contributed by atoms with E-state index in [4.69, 9.17) is 4.74 Å². The number of hydrogen-bond donors (Lipinski definition) is 2. The minimum Gasteiger partial charge on any atom is -0.383 e. The van der Waals surface area contributed by atoms with E-state index in [1.165, 1.54) is 30.6 Å². The summed E-state index contributed by atoms with van der Waals surface area (Å²) in [5.41, 5.74) is 1.53. The highest BCUT2D eigenvalue weighted by Crippen LogP contribution is 2.05. The van der Waals surface area contributed by atoms with Gasteiger partial charge in [-0.25, -0.2) is 4.39 Å². The first-order valence-electron chi connectivity index (χ1n) is 7.85. The van der Waals surface area contributed by atoms with Gasteiger partial charge < -0.3 is 15.4 Å². The molecule has 0 fully saturated rings. The molecule has 1 heterocycles. The number of carbonyl (C=O) groups excluding carboxylic acids is 2.